The number of carbonyl (C=O) groups is 1. The van der Waals surface area contributed by atoms with Crippen LogP contribution < -0.4 is 11.1 Å². The van der Waals surface area contributed by atoms with Gasteiger partial charge >= 0.3 is 0 Å². The van der Waals surface area contributed by atoms with Gasteiger partial charge in [-0.3, -0.25) is 4.79 Å². The Balaban J connectivity index is 2.07. The lowest BCUT2D eigenvalue weighted by atomic mass is 10.1. The number of aryl methyl sites for hydroxylation is 2. The fraction of sp³-hybridized carbons (Fsp3) is 0.214. The van der Waals surface area contributed by atoms with Crippen molar-refractivity contribution in [3.05, 3.63) is 53.1 Å². The summed E-state index contributed by atoms with van der Waals surface area (Å²) in [5.74, 6) is 0.535. The van der Waals surface area contributed by atoms with Gasteiger partial charge in [-0.05, 0) is 37.6 Å². The number of rotatable bonds is 3. The largest absolute Gasteiger partial charge is 0.399 e. The predicted molar refractivity (Wildman–Crippen MR) is 73.5 cm³/mol. The van der Waals surface area contributed by atoms with Gasteiger partial charge < -0.3 is 11.1 Å². The van der Waals surface area contributed by atoms with Crippen LogP contribution in [0.2, 0.25) is 0 Å². The van der Waals surface area contributed by atoms with E-state index in [1.54, 1.807) is 24.4 Å². The molecule has 1 aromatic heterocycles. The number of anilines is 1. The Kier molecular flexibility index (Phi) is 3.75. The molecule has 0 bridgehead atoms. The second-order valence-corrected chi connectivity index (χ2v) is 4.35. The standard InChI is InChI=1S/C14H16N4O/c1-9-3-4-11(15)7-13(9)14(19)17-8-12-5-6-16-10(2)18-12/h3-7H,8,15H2,1-2H3,(H,17,19). The van der Waals surface area contributed by atoms with Crippen LogP contribution in [0.4, 0.5) is 5.69 Å². The van der Waals surface area contributed by atoms with Crippen molar-refractivity contribution < 1.29 is 4.79 Å². The Morgan fingerprint density at radius 3 is 2.84 bits per heavy atom. The fourth-order valence-corrected chi connectivity index (χ4v) is 1.75. The highest BCUT2D eigenvalue weighted by Crippen LogP contribution is 2.12. The van der Waals surface area contributed by atoms with Crippen molar-refractivity contribution in [3.63, 3.8) is 0 Å². The van der Waals surface area contributed by atoms with Crippen LogP contribution in [-0.4, -0.2) is 15.9 Å². The minimum Gasteiger partial charge on any atom is -0.399 e. The van der Waals surface area contributed by atoms with Crippen molar-refractivity contribution in [2.75, 3.05) is 5.73 Å². The Hall–Kier alpha value is -2.43. The van der Waals surface area contributed by atoms with Gasteiger partial charge in [0, 0.05) is 17.4 Å². The summed E-state index contributed by atoms with van der Waals surface area (Å²) in [6.07, 6.45) is 1.68. The molecule has 0 saturated heterocycles. The Labute approximate surface area is 111 Å². The van der Waals surface area contributed by atoms with Crippen molar-refractivity contribution in [2.45, 2.75) is 20.4 Å². The molecule has 0 aliphatic carbocycles. The van der Waals surface area contributed by atoms with Gasteiger partial charge in [0.1, 0.15) is 5.82 Å². The van der Waals surface area contributed by atoms with Crippen LogP contribution in [0.15, 0.2) is 30.5 Å². The zero-order valence-electron chi connectivity index (χ0n) is 11.0. The molecule has 1 aromatic carbocycles. The molecule has 98 valence electrons. The molecule has 2 aromatic rings. The maximum atomic E-state index is 12.1. The number of aromatic nitrogens is 2. The molecule has 0 aliphatic rings. The van der Waals surface area contributed by atoms with Crippen molar-refractivity contribution in [1.29, 1.82) is 0 Å². The predicted octanol–water partition coefficient (Wildman–Crippen LogP) is 1.61. The molecule has 0 unspecified atom stereocenters. The first-order valence-electron chi connectivity index (χ1n) is 5.99. The molecular weight excluding hydrogens is 240 g/mol. The lowest BCUT2D eigenvalue weighted by Crippen LogP contribution is -2.24. The number of hydrogen-bond acceptors (Lipinski definition) is 4. The highest BCUT2D eigenvalue weighted by Gasteiger charge is 2.09. The average Bonchev–Trinajstić information content (AvgIpc) is 2.39. The monoisotopic (exact) mass is 256 g/mol. The third-order valence-corrected chi connectivity index (χ3v) is 2.77. The van der Waals surface area contributed by atoms with Crippen LogP contribution in [0.3, 0.4) is 0 Å². The van der Waals surface area contributed by atoms with Gasteiger partial charge in [0.2, 0.25) is 0 Å². The quantitative estimate of drug-likeness (QED) is 0.817. The number of hydrogen-bond donors (Lipinski definition) is 2. The van der Waals surface area contributed by atoms with E-state index >= 15 is 0 Å². The molecule has 3 N–H and O–H groups in total. The summed E-state index contributed by atoms with van der Waals surface area (Å²) >= 11 is 0. The van der Waals surface area contributed by atoms with E-state index in [1.807, 2.05) is 19.9 Å². The van der Waals surface area contributed by atoms with Gasteiger partial charge in [-0.15, -0.1) is 0 Å². The molecule has 0 aliphatic heterocycles. The zero-order valence-corrected chi connectivity index (χ0v) is 11.0. The number of nitrogen functional groups attached to an aromatic ring is 1. The number of nitrogens with zero attached hydrogens (tertiary/aromatic N) is 2. The molecule has 5 heteroatoms. The van der Waals surface area contributed by atoms with Crippen molar-refractivity contribution >= 4 is 11.6 Å². The summed E-state index contributed by atoms with van der Waals surface area (Å²) < 4.78 is 0. The minimum atomic E-state index is -0.152. The molecule has 0 spiro atoms. The van der Waals surface area contributed by atoms with Gasteiger partial charge in [-0.1, -0.05) is 6.07 Å². The topological polar surface area (TPSA) is 80.9 Å². The van der Waals surface area contributed by atoms with Crippen molar-refractivity contribution in [1.82, 2.24) is 15.3 Å². The summed E-state index contributed by atoms with van der Waals surface area (Å²) in [7, 11) is 0. The van der Waals surface area contributed by atoms with E-state index in [9.17, 15) is 4.79 Å². The van der Waals surface area contributed by atoms with Crippen LogP contribution in [-0.2, 0) is 6.54 Å². The summed E-state index contributed by atoms with van der Waals surface area (Å²) in [6, 6.07) is 7.06. The third kappa shape index (κ3) is 3.28. The van der Waals surface area contributed by atoms with E-state index in [4.69, 9.17) is 5.73 Å². The first kappa shape index (κ1) is 13.0. The van der Waals surface area contributed by atoms with Crippen LogP contribution in [0, 0.1) is 13.8 Å². The fourth-order valence-electron chi connectivity index (χ4n) is 1.75. The van der Waals surface area contributed by atoms with E-state index in [1.165, 1.54) is 0 Å². The average molecular weight is 256 g/mol. The maximum Gasteiger partial charge on any atom is 0.251 e. The van der Waals surface area contributed by atoms with Crippen molar-refractivity contribution in [3.8, 4) is 0 Å². The zero-order chi connectivity index (χ0) is 13.8. The van der Waals surface area contributed by atoms with Gasteiger partial charge in [-0.25, -0.2) is 9.97 Å². The molecule has 5 nitrogen and oxygen atoms in total. The molecular formula is C14H16N4O. The van der Waals surface area contributed by atoms with Gasteiger partial charge in [0.25, 0.3) is 5.91 Å². The first-order chi connectivity index (χ1) is 9.06. The van der Waals surface area contributed by atoms with E-state index in [0.29, 0.717) is 23.6 Å². The number of nitrogens with two attached hydrogens (primary N) is 1. The highest BCUT2D eigenvalue weighted by molar-refractivity contribution is 5.96. The number of carbonyl (C=O) groups excluding carboxylic acids is 1. The third-order valence-electron chi connectivity index (χ3n) is 2.77. The van der Waals surface area contributed by atoms with Crippen molar-refractivity contribution in [2.24, 2.45) is 0 Å². The normalized spacial score (nSPS) is 10.2. The summed E-state index contributed by atoms with van der Waals surface area (Å²) in [5, 5.41) is 2.83. The number of amides is 1. The molecule has 1 amide bonds. The molecule has 0 radical (unpaired) electrons. The lowest BCUT2D eigenvalue weighted by Gasteiger charge is -2.08. The first-order valence-corrected chi connectivity index (χ1v) is 5.99. The molecule has 0 fully saturated rings. The second-order valence-electron chi connectivity index (χ2n) is 4.35. The van der Waals surface area contributed by atoms with E-state index in [-0.39, 0.29) is 5.91 Å². The molecule has 0 atom stereocenters. The Morgan fingerprint density at radius 2 is 2.11 bits per heavy atom. The van der Waals surface area contributed by atoms with Crippen LogP contribution in [0.1, 0.15) is 27.4 Å². The maximum absolute atomic E-state index is 12.1. The molecule has 1 heterocycles. The molecule has 0 saturated carbocycles. The van der Waals surface area contributed by atoms with Crippen LogP contribution in [0.5, 0.6) is 0 Å². The minimum absolute atomic E-state index is 0.152. The molecule has 19 heavy (non-hydrogen) atoms. The SMILES string of the molecule is Cc1nccc(CNC(=O)c2cc(N)ccc2C)n1. The highest BCUT2D eigenvalue weighted by atomic mass is 16.1. The van der Waals surface area contributed by atoms with Gasteiger partial charge in [0.15, 0.2) is 0 Å². The Morgan fingerprint density at radius 1 is 1.32 bits per heavy atom. The molecule has 2 rings (SSSR count). The van der Waals surface area contributed by atoms with E-state index < -0.39 is 0 Å². The summed E-state index contributed by atoms with van der Waals surface area (Å²) in [6.45, 7) is 4.06. The lowest BCUT2D eigenvalue weighted by molar-refractivity contribution is 0.0950. The second kappa shape index (κ2) is 5.48. The van der Waals surface area contributed by atoms with Gasteiger partial charge in [0.05, 0.1) is 12.2 Å². The van der Waals surface area contributed by atoms with E-state index in [2.05, 4.69) is 15.3 Å². The number of nitrogens with one attached hydrogen (secondary N) is 1. The van der Waals surface area contributed by atoms with Crippen LogP contribution in [0.25, 0.3) is 0 Å². The number of benzene rings is 1. The smallest absolute Gasteiger partial charge is 0.251 e. The van der Waals surface area contributed by atoms with Crippen LogP contribution >= 0.6 is 0 Å². The van der Waals surface area contributed by atoms with Gasteiger partial charge in [-0.2, -0.15) is 0 Å². The summed E-state index contributed by atoms with van der Waals surface area (Å²) in [4.78, 5) is 20.3. The van der Waals surface area contributed by atoms with E-state index in [0.717, 1.165) is 11.3 Å². The summed E-state index contributed by atoms with van der Waals surface area (Å²) in [5.41, 5.74) is 8.53. The Bertz CT molecular complexity index is 610.